The summed E-state index contributed by atoms with van der Waals surface area (Å²) >= 11 is 0. The highest BCUT2D eigenvalue weighted by Crippen LogP contribution is 2.29. The zero-order valence-electron chi connectivity index (χ0n) is 14.6. The van der Waals surface area contributed by atoms with Gasteiger partial charge in [-0.05, 0) is 38.3 Å². The van der Waals surface area contributed by atoms with Crippen LogP contribution in [-0.2, 0) is 17.8 Å². The van der Waals surface area contributed by atoms with E-state index >= 15 is 0 Å². The Bertz CT molecular complexity index is 735. The summed E-state index contributed by atoms with van der Waals surface area (Å²) in [5, 5.41) is 8.72. The van der Waals surface area contributed by atoms with Crippen LogP contribution in [-0.4, -0.2) is 44.8 Å². The highest BCUT2D eigenvalue weighted by atomic mass is 16.5. The van der Waals surface area contributed by atoms with Crippen molar-refractivity contribution in [2.75, 3.05) is 13.1 Å². The molecule has 1 atom stereocenters. The van der Waals surface area contributed by atoms with Crippen LogP contribution in [0.5, 0.6) is 5.75 Å². The van der Waals surface area contributed by atoms with Crippen LogP contribution in [0.2, 0.25) is 0 Å². The number of rotatable bonds is 4. The van der Waals surface area contributed by atoms with Crippen LogP contribution in [0.25, 0.3) is 0 Å². The Kier molecular flexibility index (Phi) is 4.42. The van der Waals surface area contributed by atoms with E-state index in [9.17, 15) is 4.79 Å². The quantitative estimate of drug-likeness (QED) is 0.857. The van der Waals surface area contributed by atoms with Crippen LogP contribution >= 0.6 is 0 Å². The lowest BCUT2D eigenvalue weighted by atomic mass is 9.95. The van der Waals surface area contributed by atoms with E-state index in [1.165, 1.54) is 6.42 Å². The number of amides is 1. The number of likely N-dealkylation sites (tertiary alicyclic amines) is 1. The third-order valence-corrected chi connectivity index (χ3v) is 5.21. The van der Waals surface area contributed by atoms with Gasteiger partial charge in [-0.1, -0.05) is 18.2 Å². The number of hydrogen-bond donors (Lipinski definition) is 0. The molecule has 0 aliphatic carbocycles. The van der Waals surface area contributed by atoms with Crippen molar-refractivity contribution in [1.82, 2.24) is 19.7 Å². The SMILES string of the molecule is C[C@H](Oc1ccccc1)C(=O)N1CCC(c2nnc3n2CCC3)CC1. The van der Waals surface area contributed by atoms with Gasteiger partial charge >= 0.3 is 0 Å². The van der Waals surface area contributed by atoms with Crippen molar-refractivity contribution in [3.8, 4) is 5.75 Å². The van der Waals surface area contributed by atoms with E-state index in [0.717, 1.165) is 56.3 Å². The van der Waals surface area contributed by atoms with Gasteiger partial charge in [0.1, 0.15) is 17.4 Å². The Morgan fingerprint density at radius 2 is 1.92 bits per heavy atom. The Labute approximate surface area is 147 Å². The van der Waals surface area contributed by atoms with E-state index in [0.29, 0.717) is 5.92 Å². The zero-order valence-corrected chi connectivity index (χ0v) is 14.6. The molecule has 132 valence electrons. The predicted octanol–water partition coefficient (Wildman–Crippen LogP) is 2.40. The lowest BCUT2D eigenvalue weighted by molar-refractivity contribution is -0.139. The molecule has 2 aromatic rings. The molecule has 0 N–H and O–H groups in total. The summed E-state index contributed by atoms with van der Waals surface area (Å²) in [5.74, 6) is 3.45. The second-order valence-electron chi connectivity index (χ2n) is 6.90. The number of carbonyl (C=O) groups excluding carboxylic acids is 1. The molecule has 1 fully saturated rings. The second-order valence-corrected chi connectivity index (χ2v) is 6.90. The largest absolute Gasteiger partial charge is 0.481 e. The van der Waals surface area contributed by atoms with E-state index in [4.69, 9.17) is 4.74 Å². The Hall–Kier alpha value is -2.37. The van der Waals surface area contributed by atoms with E-state index in [-0.39, 0.29) is 5.91 Å². The van der Waals surface area contributed by atoms with Crippen molar-refractivity contribution < 1.29 is 9.53 Å². The second kappa shape index (κ2) is 6.86. The molecule has 1 aromatic heterocycles. The van der Waals surface area contributed by atoms with Gasteiger partial charge in [0.15, 0.2) is 6.10 Å². The van der Waals surface area contributed by atoms with Gasteiger partial charge in [0, 0.05) is 32.0 Å². The molecule has 3 heterocycles. The fourth-order valence-corrected chi connectivity index (χ4v) is 3.84. The van der Waals surface area contributed by atoms with Gasteiger partial charge in [0.05, 0.1) is 0 Å². The monoisotopic (exact) mass is 340 g/mol. The molecule has 0 unspecified atom stereocenters. The summed E-state index contributed by atoms with van der Waals surface area (Å²) in [5.41, 5.74) is 0. The third kappa shape index (κ3) is 3.25. The average Bonchev–Trinajstić information content (AvgIpc) is 3.26. The van der Waals surface area contributed by atoms with Gasteiger partial charge in [-0.2, -0.15) is 0 Å². The van der Waals surface area contributed by atoms with E-state index in [1.807, 2.05) is 42.2 Å². The van der Waals surface area contributed by atoms with Crippen LogP contribution in [0.1, 0.15) is 43.8 Å². The maximum absolute atomic E-state index is 12.7. The molecule has 4 rings (SSSR count). The number of piperidine rings is 1. The first kappa shape index (κ1) is 16.1. The molecule has 2 aliphatic rings. The maximum Gasteiger partial charge on any atom is 0.263 e. The minimum Gasteiger partial charge on any atom is -0.481 e. The Morgan fingerprint density at radius 1 is 1.16 bits per heavy atom. The van der Waals surface area contributed by atoms with Crippen LogP contribution in [0.15, 0.2) is 30.3 Å². The number of aromatic nitrogens is 3. The molecule has 1 saturated heterocycles. The van der Waals surface area contributed by atoms with Gasteiger partial charge in [-0.15, -0.1) is 10.2 Å². The van der Waals surface area contributed by atoms with Crippen LogP contribution in [0.3, 0.4) is 0 Å². The van der Waals surface area contributed by atoms with Gasteiger partial charge in [0.2, 0.25) is 0 Å². The van der Waals surface area contributed by atoms with Crippen molar-refractivity contribution in [2.24, 2.45) is 0 Å². The zero-order chi connectivity index (χ0) is 17.2. The molecule has 0 spiro atoms. The third-order valence-electron chi connectivity index (χ3n) is 5.21. The predicted molar refractivity (Wildman–Crippen MR) is 93.4 cm³/mol. The van der Waals surface area contributed by atoms with E-state index in [2.05, 4.69) is 14.8 Å². The molecule has 6 nitrogen and oxygen atoms in total. The van der Waals surface area contributed by atoms with Gasteiger partial charge in [-0.25, -0.2) is 0 Å². The lowest BCUT2D eigenvalue weighted by Crippen LogP contribution is -2.44. The summed E-state index contributed by atoms with van der Waals surface area (Å²) in [6.45, 7) is 4.38. The lowest BCUT2D eigenvalue weighted by Gasteiger charge is -2.33. The summed E-state index contributed by atoms with van der Waals surface area (Å²) in [6, 6.07) is 9.51. The Balaban J connectivity index is 1.34. The number of aryl methyl sites for hydroxylation is 1. The van der Waals surface area contributed by atoms with E-state index in [1.54, 1.807) is 0 Å². The van der Waals surface area contributed by atoms with E-state index < -0.39 is 6.10 Å². The van der Waals surface area contributed by atoms with Gasteiger partial charge < -0.3 is 14.2 Å². The fraction of sp³-hybridized carbons (Fsp3) is 0.526. The molecular weight excluding hydrogens is 316 g/mol. The smallest absolute Gasteiger partial charge is 0.263 e. The van der Waals surface area contributed by atoms with Crippen LogP contribution < -0.4 is 4.74 Å². The topological polar surface area (TPSA) is 60.2 Å². The van der Waals surface area contributed by atoms with Crippen molar-refractivity contribution in [3.05, 3.63) is 42.0 Å². The van der Waals surface area contributed by atoms with Crippen LogP contribution in [0, 0.1) is 0 Å². The highest BCUT2D eigenvalue weighted by Gasteiger charge is 2.31. The first-order valence-corrected chi connectivity index (χ1v) is 9.15. The van der Waals surface area contributed by atoms with Crippen molar-refractivity contribution in [2.45, 2.75) is 51.2 Å². The number of benzene rings is 1. The van der Waals surface area contributed by atoms with Crippen molar-refractivity contribution in [1.29, 1.82) is 0 Å². The summed E-state index contributed by atoms with van der Waals surface area (Å²) in [6.07, 6.45) is 3.64. The molecular formula is C19H24N4O2. The standard InChI is InChI=1S/C19H24N4O2/c1-14(25-16-6-3-2-4-7-16)19(24)22-12-9-15(10-13-22)18-21-20-17-8-5-11-23(17)18/h2-4,6-7,14-15H,5,8-13H2,1H3/t14-/m0/s1. The molecule has 0 saturated carbocycles. The Morgan fingerprint density at radius 3 is 2.68 bits per heavy atom. The molecule has 6 heteroatoms. The van der Waals surface area contributed by atoms with Gasteiger partial charge in [-0.3, -0.25) is 4.79 Å². The number of hydrogen-bond acceptors (Lipinski definition) is 4. The normalized spacial score (nSPS) is 18.8. The molecule has 1 aromatic carbocycles. The minimum atomic E-state index is -0.462. The van der Waals surface area contributed by atoms with Crippen molar-refractivity contribution >= 4 is 5.91 Å². The maximum atomic E-state index is 12.7. The summed E-state index contributed by atoms with van der Waals surface area (Å²) in [7, 11) is 0. The molecule has 1 amide bonds. The molecule has 0 bridgehead atoms. The number of fused-ring (bicyclic) bond motifs is 1. The average molecular weight is 340 g/mol. The molecule has 0 radical (unpaired) electrons. The number of carbonyl (C=O) groups is 1. The highest BCUT2D eigenvalue weighted by molar-refractivity contribution is 5.81. The van der Waals surface area contributed by atoms with Crippen LogP contribution in [0.4, 0.5) is 0 Å². The fourth-order valence-electron chi connectivity index (χ4n) is 3.84. The number of para-hydroxylation sites is 1. The first-order chi connectivity index (χ1) is 12.2. The summed E-state index contributed by atoms with van der Waals surface area (Å²) < 4.78 is 8.05. The number of nitrogens with zero attached hydrogens (tertiary/aromatic N) is 4. The first-order valence-electron chi connectivity index (χ1n) is 9.15. The number of ether oxygens (including phenoxy) is 1. The molecule has 2 aliphatic heterocycles. The van der Waals surface area contributed by atoms with Gasteiger partial charge in [0.25, 0.3) is 5.91 Å². The minimum absolute atomic E-state index is 0.0637. The van der Waals surface area contributed by atoms with Crippen molar-refractivity contribution in [3.63, 3.8) is 0 Å². The summed E-state index contributed by atoms with van der Waals surface area (Å²) in [4.78, 5) is 14.6. The molecule has 25 heavy (non-hydrogen) atoms.